The first-order valence-electron chi connectivity index (χ1n) is 7.62. The quantitative estimate of drug-likeness (QED) is 0.726. The first-order valence-corrected chi connectivity index (χ1v) is 7.62. The molecule has 3 nitrogen and oxygen atoms in total. The van der Waals surface area contributed by atoms with E-state index in [1.165, 1.54) is 0 Å². The Balaban J connectivity index is 1.83. The lowest BCUT2D eigenvalue weighted by atomic mass is 10.00. The molecule has 0 aromatic heterocycles. The van der Waals surface area contributed by atoms with Crippen LogP contribution < -0.4 is 0 Å². The fraction of sp³-hybridized carbons (Fsp3) is 0.588. The average molecular weight is 276 g/mol. The molecule has 1 aliphatic rings. The summed E-state index contributed by atoms with van der Waals surface area (Å²) in [4.78, 5) is 12.3. The summed E-state index contributed by atoms with van der Waals surface area (Å²) < 4.78 is 11.2. The third-order valence-electron chi connectivity index (χ3n) is 3.70. The number of benzene rings is 1. The van der Waals surface area contributed by atoms with Crippen LogP contribution in [0, 0.1) is 0 Å². The maximum absolute atomic E-state index is 12.3. The van der Waals surface area contributed by atoms with Crippen molar-refractivity contribution in [1.29, 1.82) is 0 Å². The molecule has 1 aromatic rings. The van der Waals surface area contributed by atoms with Gasteiger partial charge in [-0.15, -0.1) is 0 Å². The molecule has 0 N–H and O–H groups in total. The Hall–Kier alpha value is -1.19. The van der Waals surface area contributed by atoms with Gasteiger partial charge >= 0.3 is 0 Å². The molecule has 0 radical (unpaired) electrons. The van der Waals surface area contributed by atoms with Gasteiger partial charge in [-0.05, 0) is 38.2 Å². The van der Waals surface area contributed by atoms with Crippen LogP contribution in [0.15, 0.2) is 30.3 Å². The summed E-state index contributed by atoms with van der Waals surface area (Å²) in [5, 5.41) is 0. The van der Waals surface area contributed by atoms with Gasteiger partial charge in [-0.1, -0.05) is 30.3 Å². The van der Waals surface area contributed by atoms with E-state index in [4.69, 9.17) is 9.47 Å². The van der Waals surface area contributed by atoms with Gasteiger partial charge in [0.05, 0.1) is 6.10 Å². The fourth-order valence-electron chi connectivity index (χ4n) is 2.68. The summed E-state index contributed by atoms with van der Waals surface area (Å²) in [5.74, 6) is 0.177. The molecule has 110 valence electrons. The monoisotopic (exact) mass is 276 g/mol. The topological polar surface area (TPSA) is 35.5 Å². The Morgan fingerprint density at radius 1 is 1.40 bits per heavy atom. The van der Waals surface area contributed by atoms with Gasteiger partial charge < -0.3 is 9.47 Å². The average Bonchev–Trinajstić information content (AvgIpc) is 2.99. The van der Waals surface area contributed by atoms with Crippen molar-refractivity contribution in [2.45, 2.75) is 51.2 Å². The van der Waals surface area contributed by atoms with Crippen LogP contribution in [-0.4, -0.2) is 25.1 Å². The molecule has 20 heavy (non-hydrogen) atoms. The van der Waals surface area contributed by atoms with E-state index < -0.39 is 6.10 Å². The van der Waals surface area contributed by atoms with Crippen LogP contribution in [0.5, 0.6) is 0 Å². The van der Waals surface area contributed by atoms with Gasteiger partial charge in [0.15, 0.2) is 5.78 Å². The van der Waals surface area contributed by atoms with E-state index in [2.05, 4.69) is 0 Å². The van der Waals surface area contributed by atoms with Crippen molar-refractivity contribution >= 4 is 5.78 Å². The minimum atomic E-state index is -0.411. The number of ether oxygens (including phenoxy) is 2. The van der Waals surface area contributed by atoms with Gasteiger partial charge in [-0.3, -0.25) is 4.79 Å². The smallest absolute Gasteiger partial charge is 0.166 e. The number of hydrogen-bond acceptors (Lipinski definition) is 3. The highest BCUT2D eigenvalue weighted by Gasteiger charge is 2.21. The van der Waals surface area contributed by atoms with Gasteiger partial charge in [-0.2, -0.15) is 0 Å². The Morgan fingerprint density at radius 3 is 2.85 bits per heavy atom. The molecule has 0 bridgehead atoms. The van der Waals surface area contributed by atoms with Crippen LogP contribution in [0.25, 0.3) is 0 Å². The second-order valence-corrected chi connectivity index (χ2v) is 5.24. The van der Waals surface area contributed by atoms with Crippen LogP contribution in [-0.2, 0) is 14.3 Å². The summed E-state index contributed by atoms with van der Waals surface area (Å²) in [5.41, 5.74) is 0.955. The summed E-state index contributed by atoms with van der Waals surface area (Å²) in [6, 6.07) is 9.76. The minimum Gasteiger partial charge on any atom is -0.378 e. The largest absolute Gasteiger partial charge is 0.378 e. The van der Waals surface area contributed by atoms with Gasteiger partial charge in [-0.25, -0.2) is 0 Å². The molecule has 0 aliphatic carbocycles. The molecular weight excluding hydrogens is 252 g/mol. The van der Waals surface area contributed by atoms with E-state index >= 15 is 0 Å². The van der Waals surface area contributed by atoms with Crippen LogP contribution in [0.3, 0.4) is 0 Å². The Morgan fingerprint density at radius 2 is 2.20 bits per heavy atom. The molecule has 2 rings (SSSR count). The maximum Gasteiger partial charge on any atom is 0.166 e. The molecule has 0 amide bonds. The number of rotatable bonds is 8. The first-order chi connectivity index (χ1) is 9.81. The highest BCUT2D eigenvalue weighted by atomic mass is 16.5. The van der Waals surface area contributed by atoms with Crippen LogP contribution in [0.2, 0.25) is 0 Å². The zero-order valence-corrected chi connectivity index (χ0v) is 12.2. The van der Waals surface area contributed by atoms with Gasteiger partial charge in [0.2, 0.25) is 0 Å². The van der Waals surface area contributed by atoms with Crippen LogP contribution in [0.1, 0.15) is 50.7 Å². The van der Waals surface area contributed by atoms with E-state index in [1.54, 1.807) is 0 Å². The lowest BCUT2D eigenvalue weighted by molar-refractivity contribution is -0.131. The highest BCUT2D eigenvalue weighted by molar-refractivity contribution is 5.84. The molecule has 2 unspecified atom stereocenters. The molecule has 0 spiro atoms. The molecule has 1 aromatic carbocycles. The Bertz CT molecular complexity index is 396. The van der Waals surface area contributed by atoms with Crippen molar-refractivity contribution in [3.05, 3.63) is 35.9 Å². The zero-order valence-electron chi connectivity index (χ0n) is 12.2. The van der Waals surface area contributed by atoms with Crippen molar-refractivity contribution < 1.29 is 14.3 Å². The van der Waals surface area contributed by atoms with Crippen LogP contribution in [0.4, 0.5) is 0 Å². The summed E-state index contributed by atoms with van der Waals surface area (Å²) >= 11 is 0. The lowest BCUT2D eigenvalue weighted by Gasteiger charge is -2.16. The third kappa shape index (κ3) is 4.43. The molecule has 1 fully saturated rings. The second-order valence-electron chi connectivity index (χ2n) is 5.24. The predicted molar refractivity (Wildman–Crippen MR) is 78.6 cm³/mol. The zero-order chi connectivity index (χ0) is 14.2. The van der Waals surface area contributed by atoms with Gasteiger partial charge in [0, 0.05) is 19.6 Å². The Kier molecular flexibility index (Phi) is 6.22. The molecule has 1 saturated heterocycles. The third-order valence-corrected chi connectivity index (χ3v) is 3.70. The molecule has 2 atom stereocenters. The van der Waals surface area contributed by atoms with E-state index in [1.807, 2.05) is 37.3 Å². The first kappa shape index (κ1) is 15.2. The summed E-state index contributed by atoms with van der Waals surface area (Å²) in [7, 11) is 0. The maximum atomic E-state index is 12.3. The molecule has 1 aliphatic heterocycles. The second kappa shape index (κ2) is 8.18. The normalized spacial score (nSPS) is 19.9. The molecule has 0 saturated carbocycles. The van der Waals surface area contributed by atoms with Crippen LogP contribution >= 0.6 is 0 Å². The number of Topliss-reactive ketones (excluding diaryl/α,β-unsaturated/α-hetero) is 1. The summed E-state index contributed by atoms with van der Waals surface area (Å²) in [6.07, 6.45) is 4.70. The SMILES string of the molecule is CCOC(C(=O)CCCC1CCCO1)c1ccccc1. The highest BCUT2D eigenvalue weighted by Crippen LogP contribution is 2.23. The van der Waals surface area contributed by atoms with E-state index in [0.29, 0.717) is 19.1 Å². The van der Waals surface area contributed by atoms with Crippen molar-refractivity contribution in [3.63, 3.8) is 0 Å². The number of carbonyl (C=O) groups is 1. The van der Waals surface area contributed by atoms with E-state index in [0.717, 1.165) is 37.9 Å². The fourth-order valence-corrected chi connectivity index (χ4v) is 2.68. The standard InChI is InChI=1S/C17H24O3/c1-2-19-17(14-8-4-3-5-9-14)16(18)12-6-10-15-11-7-13-20-15/h3-5,8-9,15,17H,2,6-7,10-13H2,1H3. The van der Waals surface area contributed by atoms with Crippen molar-refractivity contribution in [2.75, 3.05) is 13.2 Å². The minimum absolute atomic E-state index is 0.177. The Labute approximate surface area is 121 Å². The van der Waals surface area contributed by atoms with Gasteiger partial charge in [0.1, 0.15) is 6.10 Å². The van der Waals surface area contributed by atoms with E-state index in [9.17, 15) is 4.79 Å². The van der Waals surface area contributed by atoms with E-state index in [-0.39, 0.29) is 5.78 Å². The molecule has 3 heteroatoms. The predicted octanol–water partition coefficient (Wildman–Crippen LogP) is 3.68. The number of hydrogen-bond donors (Lipinski definition) is 0. The van der Waals surface area contributed by atoms with Gasteiger partial charge in [0.25, 0.3) is 0 Å². The van der Waals surface area contributed by atoms with Crippen molar-refractivity contribution in [3.8, 4) is 0 Å². The molecule has 1 heterocycles. The molecular formula is C17H24O3. The van der Waals surface area contributed by atoms with Crippen molar-refractivity contribution in [1.82, 2.24) is 0 Å². The van der Waals surface area contributed by atoms with Crippen molar-refractivity contribution in [2.24, 2.45) is 0 Å². The number of carbonyl (C=O) groups excluding carboxylic acids is 1. The summed E-state index contributed by atoms with van der Waals surface area (Å²) in [6.45, 7) is 3.36. The lowest BCUT2D eigenvalue weighted by Crippen LogP contribution is -2.17. The number of ketones is 1.